The summed E-state index contributed by atoms with van der Waals surface area (Å²) < 4.78 is 13.7. The third-order valence-electron chi connectivity index (χ3n) is 3.28. The van der Waals surface area contributed by atoms with Crippen molar-refractivity contribution in [1.29, 1.82) is 0 Å². The molecule has 1 saturated carbocycles. The molecular formula is C12H15FN4. The Labute approximate surface area is 99.5 Å². The second kappa shape index (κ2) is 4.61. The Kier molecular flexibility index (Phi) is 3.17. The Balaban J connectivity index is 2.26. The van der Waals surface area contributed by atoms with Crippen molar-refractivity contribution in [2.24, 2.45) is 15.7 Å². The number of nitrogens with two attached hydrogens (primary N) is 1. The van der Waals surface area contributed by atoms with E-state index in [2.05, 4.69) is 21.7 Å². The zero-order valence-corrected chi connectivity index (χ0v) is 9.56. The Morgan fingerprint density at radius 1 is 1.59 bits per heavy atom. The van der Waals surface area contributed by atoms with Gasteiger partial charge < -0.3 is 5.73 Å². The quantitative estimate of drug-likeness (QED) is 0.638. The highest BCUT2D eigenvalue weighted by atomic mass is 19.1. The average molecular weight is 234 g/mol. The van der Waals surface area contributed by atoms with E-state index in [0.717, 1.165) is 19.3 Å². The Hall–Kier alpha value is -1.78. The van der Waals surface area contributed by atoms with Crippen LogP contribution in [0.2, 0.25) is 0 Å². The molecule has 1 fully saturated rings. The number of aliphatic imine (C=N–C) groups is 2. The van der Waals surface area contributed by atoms with Gasteiger partial charge in [-0.05, 0) is 31.7 Å². The van der Waals surface area contributed by atoms with E-state index in [1.165, 1.54) is 6.07 Å². The second-order valence-electron chi connectivity index (χ2n) is 4.30. The molecule has 0 unspecified atom stereocenters. The van der Waals surface area contributed by atoms with E-state index in [1.807, 2.05) is 0 Å². The molecule has 0 radical (unpaired) electrons. The van der Waals surface area contributed by atoms with Gasteiger partial charge >= 0.3 is 0 Å². The molecule has 1 aliphatic rings. The van der Waals surface area contributed by atoms with Crippen LogP contribution in [0.1, 0.15) is 25.0 Å². The van der Waals surface area contributed by atoms with Gasteiger partial charge in [-0.25, -0.2) is 9.38 Å². The summed E-state index contributed by atoms with van der Waals surface area (Å²) in [6, 6.07) is 3.02. The van der Waals surface area contributed by atoms with Crippen LogP contribution < -0.4 is 5.73 Å². The Bertz CT molecular complexity index is 452. The van der Waals surface area contributed by atoms with Crippen LogP contribution in [0.15, 0.2) is 28.3 Å². The lowest BCUT2D eigenvalue weighted by Gasteiger charge is -2.40. The molecule has 0 bridgehead atoms. The van der Waals surface area contributed by atoms with Crippen molar-refractivity contribution in [3.63, 3.8) is 0 Å². The van der Waals surface area contributed by atoms with Gasteiger partial charge in [-0.2, -0.15) is 0 Å². The van der Waals surface area contributed by atoms with Gasteiger partial charge in [0.2, 0.25) is 5.96 Å². The zero-order chi connectivity index (χ0) is 12.3. The lowest BCUT2D eigenvalue weighted by atomic mass is 9.66. The summed E-state index contributed by atoms with van der Waals surface area (Å²) in [5.41, 5.74) is 5.67. The molecule has 0 atom stereocenters. The molecule has 2 N–H and O–H groups in total. The van der Waals surface area contributed by atoms with Crippen molar-refractivity contribution >= 4 is 12.7 Å². The van der Waals surface area contributed by atoms with Gasteiger partial charge in [0.05, 0.1) is 12.2 Å². The molecule has 0 spiro atoms. The van der Waals surface area contributed by atoms with E-state index < -0.39 is 0 Å². The van der Waals surface area contributed by atoms with Crippen molar-refractivity contribution in [3.05, 3.63) is 29.8 Å². The first kappa shape index (κ1) is 11.7. The summed E-state index contributed by atoms with van der Waals surface area (Å²) in [7, 11) is 0. The maximum Gasteiger partial charge on any atom is 0.214 e. The first-order valence-corrected chi connectivity index (χ1v) is 5.56. The molecule has 4 nitrogen and oxygen atoms in total. The second-order valence-corrected chi connectivity index (χ2v) is 4.30. The maximum absolute atomic E-state index is 13.7. The highest BCUT2D eigenvalue weighted by Gasteiger charge is 2.41. The number of hydrogen-bond acceptors (Lipinski definition) is 2. The summed E-state index contributed by atoms with van der Waals surface area (Å²) in [4.78, 5) is 11.8. The molecule has 1 aliphatic carbocycles. The SMILES string of the molecule is C=NC(N)=NCC1(c2ncccc2F)CCC1. The summed E-state index contributed by atoms with van der Waals surface area (Å²) >= 11 is 0. The van der Waals surface area contributed by atoms with Crippen molar-refractivity contribution < 1.29 is 4.39 Å². The molecule has 1 aromatic rings. The van der Waals surface area contributed by atoms with E-state index in [9.17, 15) is 4.39 Å². The maximum atomic E-state index is 13.7. The summed E-state index contributed by atoms with van der Waals surface area (Å²) in [6.07, 6.45) is 4.44. The van der Waals surface area contributed by atoms with Crippen LogP contribution in [0.5, 0.6) is 0 Å². The fourth-order valence-electron chi connectivity index (χ4n) is 2.13. The van der Waals surface area contributed by atoms with Crippen molar-refractivity contribution in [3.8, 4) is 0 Å². The molecule has 0 aliphatic heterocycles. The lowest BCUT2D eigenvalue weighted by Crippen LogP contribution is -2.39. The van der Waals surface area contributed by atoms with Crippen LogP contribution in [0, 0.1) is 5.82 Å². The molecule has 1 aromatic heterocycles. The standard InChI is InChI=1S/C12H15FN4/c1-15-11(14)17-8-12(5-3-6-12)10-9(13)4-2-7-16-10/h2,4,7H,1,3,5-6,8H2,(H2,14,17). The summed E-state index contributed by atoms with van der Waals surface area (Å²) in [5, 5.41) is 0. The minimum atomic E-state index is -0.305. The molecule has 0 amide bonds. The van der Waals surface area contributed by atoms with Gasteiger partial charge in [-0.3, -0.25) is 9.98 Å². The minimum Gasteiger partial charge on any atom is -0.368 e. The number of pyridine rings is 1. The van der Waals surface area contributed by atoms with Crippen LogP contribution in [-0.2, 0) is 5.41 Å². The molecule has 0 aromatic carbocycles. The van der Waals surface area contributed by atoms with E-state index >= 15 is 0 Å². The Morgan fingerprint density at radius 2 is 2.35 bits per heavy atom. The zero-order valence-electron chi connectivity index (χ0n) is 9.56. The van der Waals surface area contributed by atoms with Gasteiger partial charge in [0.1, 0.15) is 5.82 Å². The van der Waals surface area contributed by atoms with Crippen LogP contribution in [0.25, 0.3) is 0 Å². The third kappa shape index (κ3) is 2.18. The number of rotatable bonds is 3. The highest BCUT2D eigenvalue weighted by molar-refractivity contribution is 5.82. The van der Waals surface area contributed by atoms with Crippen molar-refractivity contribution in [1.82, 2.24) is 4.98 Å². The van der Waals surface area contributed by atoms with Gasteiger partial charge in [0.15, 0.2) is 0 Å². The molecule has 5 heteroatoms. The van der Waals surface area contributed by atoms with Crippen LogP contribution >= 0.6 is 0 Å². The highest BCUT2D eigenvalue weighted by Crippen LogP contribution is 2.43. The van der Waals surface area contributed by atoms with E-state index in [1.54, 1.807) is 12.3 Å². The molecule has 90 valence electrons. The topological polar surface area (TPSA) is 63.6 Å². The molecular weight excluding hydrogens is 219 g/mol. The van der Waals surface area contributed by atoms with Gasteiger partial charge in [0.25, 0.3) is 0 Å². The minimum absolute atomic E-state index is 0.146. The van der Waals surface area contributed by atoms with Crippen molar-refractivity contribution in [2.75, 3.05) is 6.54 Å². The van der Waals surface area contributed by atoms with E-state index in [-0.39, 0.29) is 17.2 Å². The summed E-state index contributed by atoms with van der Waals surface area (Å²) in [5.74, 6) is -0.125. The first-order valence-electron chi connectivity index (χ1n) is 5.56. The monoisotopic (exact) mass is 234 g/mol. The van der Waals surface area contributed by atoms with E-state index in [0.29, 0.717) is 12.2 Å². The van der Waals surface area contributed by atoms with Crippen LogP contribution in [0.4, 0.5) is 4.39 Å². The molecule has 1 heterocycles. The van der Waals surface area contributed by atoms with Crippen molar-refractivity contribution in [2.45, 2.75) is 24.7 Å². The normalized spacial score (nSPS) is 18.5. The Morgan fingerprint density at radius 3 is 2.88 bits per heavy atom. The molecule has 0 saturated heterocycles. The number of aromatic nitrogens is 1. The largest absolute Gasteiger partial charge is 0.368 e. The lowest BCUT2D eigenvalue weighted by molar-refractivity contribution is 0.237. The van der Waals surface area contributed by atoms with Crippen LogP contribution in [0.3, 0.4) is 0 Å². The number of halogens is 1. The number of hydrogen-bond donors (Lipinski definition) is 1. The predicted molar refractivity (Wildman–Crippen MR) is 65.8 cm³/mol. The fraction of sp³-hybridized carbons (Fsp3) is 0.417. The molecule has 17 heavy (non-hydrogen) atoms. The van der Waals surface area contributed by atoms with E-state index in [4.69, 9.17) is 5.73 Å². The third-order valence-corrected chi connectivity index (χ3v) is 3.28. The van der Waals surface area contributed by atoms with Gasteiger partial charge in [-0.15, -0.1) is 0 Å². The smallest absolute Gasteiger partial charge is 0.214 e. The fourth-order valence-corrected chi connectivity index (χ4v) is 2.13. The molecule has 2 rings (SSSR count). The average Bonchev–Trinajstić information content (AvgIpc) is 2.29. The van der Waals surface area contributed by atoms with Crippen LogP contribution in [-0.4, -0.2) is 24.2 Å². The number of guanidine groups is 1. The van der Waals surface area contributed by atoms with Gasteiger partial charge in [-0.1, -0.05) is 6.42 Å². The predicted octanol–water partition coefficient (Wildman–Crippen LogP) is 1.66. The summed E-state index contributed by atoms with van der Waals surface area (Å²) in [6.45, 7) is 3.72. The first-order chi connectivity index (χ1) is 8.18. The van der Waals surface area contributed by atoms with Gasteiger partial charge in [0, 0.05) is 11.6 Å². The number of nitrogens with zero attached hydrogens (tertiary/aromatic N) is 3.